The first kappa shape index (κ1) is 20.9. The van der Waals surface area contributed by atoms with Gasteiger partial charge in [-0.25, -0.2) is 9.78 Å². The molecule has 1 saturated heterocycles. The molecular formula is C21H26N2O3S2. The highest BCUT2D eigenvalue weighted by molar-refractivity contribution is 8.00. The van der Waals surface area contributed by atoms with Crippen LogP contribution >= 0.6 is 23.1 Å². The molecule has 3 rings (SSSR count). The first-order valence-electron chi connectivity index (χ1n) is 9.50. The van der Waals surface area contributed by atoms with Gasteiger partial charge in [-0.3, -0.25) is 4.79 Å². The van der Waals surface area contributed by atoms with Crippen molar-refractivity contribution in [1.29, 1.82) is 0 Å². The normalized spacial score (nSPS) is 19.5. The molecule has 0 saturated carbocycles. The number of benzene rings is 1. The van der Waals surface area contributed by atoms with Crippen LogP contribution < -0.4 is 0 Å². The lowest BCUT2D eigenvalue weighted by atomic mass is 9.92. The summed E-state index contributed by atoms with van der Waals surface area (Å²) in [6.07, 6.45) is 1.13. The first-order valence-corrected chi connectivity index (χ1v) is 11.4. The number of piperidine rings is 1. The van der Waals surface area contributed by atoms with Crippen molar-refractivity contribution in [3.63, 3.8) is 0 Å². The van der Waals surface area contributed by atoms with Gasteiger partial charge < -0.3 is 9.64 Å². The average Bonchev–Trinajstić information content (AvgIpc) is 3.09. The molecule has 0 bridgehead atoms. The maximum absolute atomic E-state index is 12.6. The number of nitrogens with zero attached hydrogens (tertiary/aromatic N) is 2. The minimum absolute atomic E-state index is 0.114. The van der Waals surface area contributed by atoms with Gasteiger partial charge in [-0.2, -0.15) is 0 Å². The molecule has 1 amide bonds. The molecular weight excluding hydrogens is 392 g/mol. The van der Waals surface area contributed by atoms with Crippen LogP contribution in [0.1, 0.15) is 41.9 Å². The molecule has 1 fully saturated rings. The summed E-state index contributed by atoms with van der Waals surface area (Å²) in [4.78, 5) is 31.3. The summed E-state index contributed by atoms with van der Waals surface area (Å²) in [5.74, 6) is 1.04. The highest BCUT2D eigenvalue weighted by Crippen LogP contribution is 2.27. The van der Waals surface area contributed by atoms with E-state index in [-0.39, 0.29) is 12.5 Å². The molecule has 2 heterocycles. The number of carbonyl (C=O) groups is 2. The number of ether oxygens (including phenoxy) is 1. The maximum atomic E-state index is 12.6. The summed E-state index contributed by atoms with van der Waals surface area (Å²) >= 11 is 3.20. The Kier molecular flexibility index (Phi) is 7.13. The Hall–Kier alpha value is -1.86. The third-order valence-corrected chi connectivity index (χ3v) is 6.92. The van der Waals surface area contributed by atoms with Gasteiger partial charge in [0.15, 0.2) is 6.61 Å². The van der Waals surface area contributed by atoms with Crippen LogP contribution in [0.3, 0.4) is 0 Å². The lowest BCUT2D eigenvalue weighted by Crippen LogP contribution is -2.44. The van der Waals surface area contributed by atoms with Gasteiger partial charge in [-0.1, -0.05) is 43.8 Å². The molecule has 0 unspecified atom stereocenters. The van der Waals surface area contributed by atoms with E-state index >= 15 is 0 Å². The predicted octanol–water partition coefficient (Wildman–Crippen LogP) is 4.41. The number of likely N-dealkylation sites (tertiary alicyclic amines) is 1. The van der Waals surface area contributed by atoms with Crippen molar-refractivity contribution in [2.75, 3.05) is 19.7 Å². The Morgan fingerprint density at radius 1 is 1.25 bits per heavy atom. The van der Waals surface area contributed by atoms with Crippen LogP contribution in [0.15, 0.2) is 34.0 Å². The fourth-order valence-electron chi connectivity index (χ4n) is 3.55. The van der Waals surface area contributed by atoms with Gasteiger partial charge in [0.2, 0.25) is 0 Å². The van der Waals surface area contributed by atoms with Crippen LogP contribution in [0.5, 0.6) is 0 Å². The maximum Gasteiger partial charge on any atom is 0.338 e. The molecule has 1 aromatic carbocycles. The molecule has 1 aliphatic rings. The third kappa shape index (κ3) is 5.58. The average molecular weight is 419 g/mol. The number of amides is 1. The van der Waals surface area contributed by atoms with E-state index in [9.17, 15) is 9.59 Å². The molecule has 0 radical (unpaired) electrons. The molecule has 2 aromatic rings. The number of carbonyl (C=O) groups excluding carboxylic acids is 2. The van der Waals surface area contributed by atoms with Crippen LogP contribution in [-0.2, 0) is 15.3 Å². The number of hydrogen-bond donors (Lipinski definition) is 0. The quantitative estimate of drug-likeness (QED) is 0.514. The third-order valence-electron chi connectivity index (χ3n) is 4.73. The van der Waals surface area contributed by atoms with Crippen molar-refractivity contribution in [2.24, 2.45) is 11.8 Å². The van der Waals surface area contributed by atoms with Crippen LogP contribution in [0.25, 0.3) is 0 Å². The Balaban J connectivity index is 1.57. The zero-order valence-electron chi connectivity index (χ0n) is 16.5. The van der Waals surface area contributed by atoms with E-state index in [0.717, 1.165) is 35.1 Å². The Morgan fingerprint density at radius 2 is 1.96 bits per heavy atom. The highest BCUT2D eigenvalue weighted by atomic mass is 32.2. The number of hydrogen-bond acceptors (Lipinski definition) is 6. The highest BCUT2D eigenvalue weighted by Gasteiger charge is 2.26. The second-order valence-electron chi connectivity index (χ2n) is 7.52. The smallest absolute Gasteiger partial charge is 0.338 e. The molecule has 28 heavy (non-hydrogen) atoms. The lowest BCUT2D eigenvalue weighted by Gasteiger charge is -2.34. The second-order valence-corrected chi connectivity index (χ2v) is 9.60. The topological polar surface area (TPSA) is 59.5 Å². The fraction of sp³-hybridized carbons (Fsp3) is 0.476. The van der Waals surface area contributed by atoms with Gasteiger partial charge in [0.25, 0.3) is 5.91 Å². The van der Waals surface area contributed by atoms with Crippen molar-refractivity contribution in [1.82, 2.24) is 9.88 Å². The van der Waals surface area contributed by atoms with Gasteiger partial charge in [0.05, 0.1) is 5.56 Å². The van der Waals surface area contributed by atoms with Gasteiger partial charge in [0, 0.05) is 29.9 Å². The van der Waals surface area contributed by atoms with Crippen LogP contribution in [0.2, 0.25) is 0 Å². The molecule has 1 aromatic heterocycles. The van der Waals surface area contributed by atoms with Crippen LogP contribution in [0.4, 0.5) is 0 Å². The molecule has 150 valence electrons. The number of esters is 1. The second kappa shape index (κ2) is 9.56. The van der Waals surface area contributed by atoms with Crippen LogP contribution in [0, 0.1) is 18.8 Å². The number of aryl methyl sites for hydroxylation is 1. The van der Waals surface area contributed by atoms with Gasteiger partial charge >= 0.3 is 5.97 Å². The van der Waals surface area contributed by atoms with Crippen molar-refractivity contribution in [2.45, 2.75) is 37.3 Å². The predicted molar refractivity (Wildman–Crippen MR) is 113 cm³/mol. The van der Waals surface area contributed by atoms with E-state index in [0.29, 0.717) is 23.2 Å². The fourth-order valence-corrected chi connectivity index (χ4v) is 5.40. The van der Waals surface area contributed by atoms with Crippen molar-refractivity contribution < 1.29 is 14.3 Å². The summed E-state index contributed by atoms with van der Waals surface area (Å²) in [6, 6.07) is 7.39. The zero-order chi connectivity index (χ0) is 20.1. The Morgan fingerprint density at radius 3 is 2.64 bits per heavy atom. The summed E-state index contributed by atoms with van der Waals surface area (Å²) in [5.41, 5.74) is 2.40. The SMILES string of the molecule is Cc1csc(SCc2ccccc2C(=O)OCC(=O)N2C[C@@H](C)C[C@H](C)C2)n1. The van der Waals surface area contributed by atoms with Crippen molar-refractivity contribution in [3.05, 3.63) is 46.5 Å². The van der Waals surface area contributed by atoms with Crippen molar-refractivity contribution in [3.8, 4) is 0 Å². The van der Waals surface area contributed by atoms with Gasteiger partial charge in [0.1, 0.15) is 4.34 Å². The zero-order valence-corrected chi connectivity index (χ0v) is 18.1. The molecule has 2 atom stereocenters. The van der Waals surface area contributed by atoms with Crippen molar-refractivity contribution >= 4 is 35.0 Å². The minimum Gasteiger partial charge on any atom is -0.452 e. The van der Waals surface area contributed by atoms with E-state index in [1.165, 1.54) is 0 Å². The molecule has 0 N–H and O–H groups in total. The number of thioether (sulfide) groups is 1. The molecule has 0 aliphatic carbocycles. The summed E-state index contributed by atoms with van der Waals surface area (Å²) in [5, 5.41) is 2.01. The first-order chi connectivity index (χ1) is 13.4. The Labute approximate surface area is 174 Å². The summed E-state index contributed by atoms with van der Waals surface area (Å²) in [6.45, 7) is 7.54. The monoisotopic (exact) mass is 418 g/mol. The minimum atomic E-state index is -0.446. The van der Waals surface area contributed by atoms with Gasteiger partial charge in [-0.15, -0.1) is 11.3 Å². The largest absolute Gasteiger partial charge is 0.452 e. The lowest BCUT2D eigenvalue weighted by molar-refractivity contribution is -0.137. The number of aromatic nitrogens is 1. The van der Waals surface area contributed by atoms with E-state index in [2.05, 4.69) is 18.8 Å². The van der Waals surface area contributed by atoms with Gasteiger partial charge in [-0.05, 0) is 36.8 Å². The molecule has 5 nitrogen and oxygen atoms in total. The molecule has 0 spiro atoms. The number of thiazole rings is 1. The van der Waals surface area contributed by atoms with E-state index < -0.39 is 5.97 Å². The number of rotatable bonds is 6. The summed E-state index contributed by atoms with van der Waals surface area (Å²) in [7, 11) is 0. The van der Waals surface area contributed by atoms with E-state index in [1.54, 1.807) is 29.2 Å². The van der Waals surface area contributed by atoms with Crippen LogP contribution in [-0.4, -0.2) is 41.5 Å². The Bertz CT molecular complexity index is 827. The van der Waals surface area contributed by atoms with E-state index in [4.69, 9.17) is 4.74 Å². The van der Waals surface area contributed by atoms with E-state index in [1.807, 2.05) is 35.4 Å². The molecule has 7 heteroatoms. The standard InChI is InChI=1S/C21H26N2O3S2/c1-14-8-15(2)10-23(9-14)19(24)11-26-20(25)18-7-5-4-6-17(18)13-28-21-22-16(3)12-27-21/h4-7,12,14-15H,8-11,13H2,1-3H3/t14-,15-/m0/s1. The summed E-state index contributed by atoms with van der Waals surface area (Å²) < 4.78 is 6.33. The molecule has 1 aliphatic heterocycles.